The van der Waals surface area contributed by atoms with Gasteiger partial charge in [-0.2, -0.15) is 4.52 Å². The van der Waals surface area contributed by atoms with Gasteiger partial charge < -0.3 is 9.64 Å². The Kier molecular flexibility index (Phi) is 3.88. The number of aromatic nitrogens is 4. The average Bonchev–Trinajstić information content (AvgIpc) is 3.38. The van der Waals surface area contributed by atoms with Gasteiger partial charge in [0, 0.05) is 17.0 Å². The van der Waals surface area contributed by atoms with Crippen LogP contribution in [-0.2, 0) is 4.74 Å². The molecule has 0 aliphatic carbocycles. The average molecular weight is 363 g/mol. The summed E-state index contributed by atoms with van der Waals surface area (Å²) in [5, 5.41) is 15.5. The summed E-state index contributed by atoms with van der Waals surface area (Å²) < 4.78 is 7.77. The number of anilines is 1. The summed E-state index contributed by atoms with van der Waals surface area (Å²) in [6, 6.07) is 18.2. The molecule has 0 amide bonds. The summed E-state index contributed by atoms with van der Waals surface area (Å²) in [5.41, 5.74) is 1.75. The van der Waals surface area contributed by atoms with Crippen LogP contribution in [0.15, 0.2) is 60.0 Å². The van der Waals surface area contributed by atoms with Gasteiger partial charge in [0.25, 0.3) is 0 Å². The zero-order chi connectivity index (χ0) is 17.3. The van der Waals surface area contributed by atoms with E-state index in [1.807, 2.05) is 47.0 Å². The smallest absolute Gasteiger partial charge is 0.185 e. The molecule has 26 heavy (non-hydrogen) atoms. The Morgan fingerprint density at radius 3 is 2.77 bits per heavy atom. The number of rotatable bonds is 3. The molecule has 0 bridgehead atoms. The van der Waals surface area contributed by atoms with Crippen molar-refractivity contribution in [3.05, 3.63) is 64.9 Å². The maximum atomic E-state index is 5.95. The van der Waals surface area contributed by atoms with Crippen molar-refractivity contribution in [1.29, 1.82) is 0 Å². The van der Waals surface area contributed by atoms with Crippen LogP contribution >= 0.6 is 11.3 Å². The molecule has 0 saturated carbocycles. The molecule has 4 aromatic rings. The molecule has 5 rings (SSSR count). The van der Waals surface area contributed by atoms with E-state index in [-0.39, 0.29) is 6.10 Å². The Morgan fingerprint density at radius 2 is 1.92 bits per heavy atom. The van der Waals surface area contributed by atoms with Gasteiger partial charge in [0.15, 0.2) is 11.5 Å². The number of benzene rings is 1. The van der Waals surface area contributed by atoms with Crippen molar-refractivity contribution in [1.82, 2.24) is 19.8 Å². The molecular formula is C19H17N5OS. The summed E-state index contributed by atoms with van der Waals surface area (Å²) in [6.07, 6.45) is 0.0933. The highest BCUT2D eigenvalue weighted by molar-refractivity contribution is 7.10. The summed E-state index contributed by atoms with van der Waals surface area (Å²) in [7, 11) is 0. The molecule has 1 fully saturated rings. The zero-order valence-corrected chi connectivity index (χ0v) is 14.8. The fourth-order valence-electron chi connectivity index (χ4n) is 3.22. The number of hydrogen-bond donors (Lipinski definition) is 0. The van der Waals surface area contributed by atoms with Crippen LogP contribution in [-0.4, -0.2) is 39.5 Å². The number of nitrogens with zero attached hydrogens (tertiary/aromatic N) is 5. The topological polar surface area (TPSA) is 55.5 Å². The second-order valence-corrected chi connectivity index (χ2v) is 7.15. The van der Waals surface area contributed by atoms with Crippen molar-refractivity contribution in [2.45, 2.75) is 6.10 Å². The molecule has 4 heterocycles. The maximum Gasteiger partial charge on any atom is 0.185 e. The third-order valence-corrected chi connectivity index (χ3v) is 5.50. The van der Waals surface area contributed by atoms with Crippen LogP contribution in [0.3, 0.4) is 0 Å². The second kappa shape index (κ2) is 6.51. The first-order chi connectivity index (χ1) is 12.9. The van der Waals surface area contributed by atoms with Crippen molar-refractivity contribution in [2.75, 3.05) is 24.6 Å². The lowest BCUT2D eigenvalue weighted by atomic mass is 10.2. The first kappa shape index (κ1) is 15.5. The zero-order valence-electron chi connectivity index (χ0n) is 14.0. The van der Waals surface area contributed by atoms with Crippen molar-refractivity contribution >= 4 is 22.8 Å². The molecule has 1 aromatic carbocycles. The third kappa shape index (κ3) is 2.75. The van der Waals surface area contributed by atoms with Gasteiger partial charge >= 0.3 is 0 Å². The van der Waals surface area contributed by atoms with Crippen LogP contribution in [0.5, 0.6) is 0 Å². The lowest BCUT2D eigenvalue weighted by Gasteiger charge is -2.33. The second-order valence-electron chi connectivity index (χ2n) is 6.17. The van der Waals surface area contributed by atoms with Gasteiger partial charge in [-0.3, -0.25) is 0 Å². The van der Waals surface area contributed by atoms with E-state index in [2.05, 4.69) is 32.6 Å². The third-order valence-electron chi connectivity index (χ3n) is 4.53. The maximum absolute atomic E-state index is 5.95. The Labute approximate surface area is 154 Å². The normalized spacial score (nSPS) is 17.7. The lowest BCUT2D eigenvalue weighted by molar-refractivity contribution is 0.0418. The number of thiophene rings is 1. The molecule has 1 saturated heterocycles. The molecule has 6 nitrogen and oxygen atoms in total. The fraction of sp³-hybridized carbons (Fsp3) is 0.211. The Hall–Kier alpha value is -2.77. The predicted molar refractivity (Wildman–Crippen MR) is 101 cm³/mol. The number of fused-ring (bicyclic) bond motifs is 1. The van der Waals surface area contributed by atoms with Crippen molar-refractivity contribution in [2.24, 2.45) is 0 Å². The highest BCUT2D eigenvalue weighted by atomic mass is 32.1. The Balaban J connectivity index is 1.49. The molecule has 0 radical (unpaired) electrons. The van der Waals surface area contributed by atoms with Gasteiger partial charge in [0.2, 0.25) is 0 Å². The summed E-state index contributed by atoms with van der Waals surface area (Å²) in [4.78, 5) is 3.52. The van der Waals surface area contributed by atoms with Crippen LogP contribution in [0.4, 0.5) is 5.82 Å². The minimum absolute atomic E-state index is 0.0933. The van der Waals surface area contributed by atoms with Crippen LogP contribution in [0, 0.1) is 0 Å². The Morgan fingerprint density at radius 1 is 1.00 bits per heavy atom. The monoisotopic (exact) mass is 363 g/mol. The van der Waals surface area contributed by atoms with Crippen molar-refractivity contribution in [3.8, 4) is 11.4 Å². The van der Waals surface area contributed by atoms with E-state index in [9.17, 15) is 0 Å². The predicted octanol–water partition coefficient (Wildman–Crippen LogP) is 3.43. The van der Waals surface area contributed by atoms with Gasteiger partial charge in [-0.25, -0.2) is 0 Å². The molecule has 3 aromatic heterocycles. The van der Waals surface area contributed by atoms with E-state index in [1.54, 1.807) is 11.3 Å². The van der Waals surface area contributed by atoms with E-state index >= 15 is 0 Å². The number of morpholine rings is 1. The molecule has 1 aliphatic rings. The molecule has 1 aliphatic heterocycles. The largest absolute Gasteiger partial charge is 0.369 e. The van der Waals surface area contributed by atoms with Gasteiger partial charge in [0.05, 0.1) is 13.2 Å². The highest BCUT2D eigenvalue weighted by Gasteiger charge is 2.24. The highest BCUT2D eigenvalue weighted by Crippen LogP contribution is 2.28. The van der Waals surface area contributed by atoms with Crippen LogP contribution in [0.25, 0.3) is 17.0 Å². The SMILES string of the molecule is c1ccc(-c2nnc3ccc(N4CCOC(c5cccs5)C4)nn23)cc1. The van der Waals surface area contributed by atoms with Crippen LogP contribution < -0.4 is 4.90 Å². The van der Waals surface area contributed by atoms with E-state index in [4.69, 9.17) is 9.84 Å². The van der Waals surface area contributed by atoms with Crippen LogP contribution in [0.1, 0.15) is 11.0 Å². The Bertz CT molecular complexity index is 1020. The van der Waals surface area contributed by atoms with Crippen molar-refractivity contribution < 1.29 is 4.74 Å². The van der Waals surface area contributed by atoms with Gasteiger partial charge in [-0.15, -0.1) is 26.6 Å². The summed E-state index contributed by atoms with van der Waals surface area (Å²) in [6.45, 7) is 2.31. The minimum Gasteiger partial charge on any atom is -0.369 e. The first-order valence-electron chi connectivity index (χ1n) is 8.56. The summed E-state index contributed by atoms with van der Waals surface area (Å²) in [5.74, 6) is 1.67. The van der Waals surface area contributed by atoms with E-state index in [1.165, 1.54) is 4.88 Å². The molecular weight excluding hydrogens is 346 g/mol. The fourth-order valence-corrected chi connectivity index (χ4v) is 3.98. The molecule has 7 heteroatoms. The molecule has 0 N–H and O–H groups in total. The minimum atomic E-state index is 0.0933. The number of hydrogen-bond acceptors (Lipinski definition) is 6. The molecule has 1 unspecified atom stereocenters. The molecule has 1 atom stereocenters. The van der Waals surface area contributed by atoms with Gasteiger partial charge in [-0.1, -0.05) is 36.4 Å². The van der Waals surface area contributed by atoms with E-state index in [0.29, 0.717) is 6.61 Å². The lowest BCUT2D eigenvalue weighted by Crippen LogP contribution is -2.38. The van der Waals surface area contributed by atoms with Crippen LogP contribution in [0.2, 0.25) is 0 Å². The van der Waals surface area contributed by atoms with Gasteiger partial charge in [0.1, 0.15) is 11.9 Å². The molecule has 0 spiro atoms. The van der Waals surface area contributed by atoms with Gasteiger partial charge in [-0.05, 0) is 23.6 Å². The quantitative estimate of drug-likeness (QED) is 0.558. The number of ether oxygens (including phenoxy) is 1. The van der Waals surface area contributed by atoms with E-state index in [0.717, 1.165) is 35.9 Å². The molecule has 130 valence electrons. The summed E-state index contributed by atoms with van der Waals surface area (Å²) >= 11 is 1.73. The van der Waals surface area contributed by atoms with E-state index < -0.39 is 0 Å². The van der Waals surface area contributed by atoms with Crippen molar-refractivity contribution in [3.63, 3.8) is 0 Å². The first-order valence-corrected chi connectivity index (χ1v) is 9.44. The standard InChI is InChI=1S/C19H17N5OS/c1-2-5-14(6-3-1)19-21-20-17-8-9-18(22-24(17)19)23-10-11-25-15(13-23)16-7-4-12-26-16/h1-9,12,15H,10-11,13H2.